The summed E-state index contributed by atoms with van der Waals surface area (Å²) in [6.45, 7) is 4.19. The van der Waals surface area contributed by atoms with Crippen molar-refractivity contribution in [1.29, 1.82) is 0 Å². The molecule has 24 heavy (non-hydrogen) atoms. The summed E-state index contributed by atoms with van der Waals surface area (Å²) < 4.78 is 5.28. The van der Waals surface area contributed by atoms with Gasteiger partial charge in [-0.15, -0.1) is 0 Å². The normalized spacial score (nSPS) is 16.7. The minimum Gasteiger partial charge on any atom is -0.402 e. The Hall–Kier alpha value is -2.95. The lowest BCUT2D eigenvalue weighted by Crippen LogP contribution is -2.19. The first-order chi connectivity index (χ1) is 11.5. The van der Waals surface area contributed by atoms with Crippen LogP contribution in [0.25, 0.3) is 6.08 Å². The van der Waals surface area contributed by atoms with E-state index >= 15 is 0 Å². The first-order valence-corrected chi connectivity index (χ1v) is 7.70. The van der Waals surface area contributed by atoms with Gasteiger partial charge in [-0.3, -0.25) is 4.99 Å². The second-order valence-corrected chi connectivity index (χ2v) is 6.15. The maximum atomic E-state index is 12.0. The first-order valence-electron chi connectivity index (χ1n) is 7.70. The Morgan fingerprint density at radius 2 is 1.96 bits per heavy atom. The molecule has 1 aliphatic heterocycles. The molecule has 1 aliphatic rings. The number of rotatable bonds is 4. The summed E-state index contributed by atoms with van der Waals surface area (Å²) >= 11 is 0. The van der Waals surface area contributed by atoms with Gasteiger partial charge in [-0.1, -0.05) is 26.0 Å². The standard InChI is InChI=1S/C19H19N3O2/c1-19(2,12-20-3)14-8-6-13(7-9-14)17-22-16(18(23)24-17)11-15-5-4-10-21-15/h4-12,21H,1-3H3/b16-11-,20-12?. The number of H-pyrrole nitrogens is 1. The van der Waals surface area contributed by atoms with Crippen molar-refractivity contribution in [3.63, 3.8) is 0 Å². The van der Waals surface area contributed by atoms with E-state index in [4.69, 9.17) is 4.74 Å². The Labute approximate surface area is 140 Å². The predicted molar refractivity (Wildman–Crippen MR) is 95.3 cm³/mol. The Kier molecular flexibility index (Phi) is 4.16. The van der Waals surface area contributed by atoms with Gasteiger partial charge in [0.05, 0.1) is 0 Å². The Morgan fingerprint density at radius 3 is 2.58 bits per heavy atom. The van der Waals surface area contributed by atoms with Crippen molar-refractivity contribution in [2.45, 2.75) is 19.3 Å². The van der Waals surface area contributed by atoms with Crippen LogP contribution in [0.15, 0.2) is 58.3 Å². The molecule has 1 aromatic heterocycles. The van der Waals surface area contributed by atoms with Crippen molar-refractivity contribution < 1.29 is 9.53 Å². The zero-order valence-electron chi connectivity index (χ0n) is 13.9. The molecule has 0 amide bonds. The number of ether oxygens (including phenoxy) is 1. The van der Waals surface area contributed by atoms with Gasteiger partial charge in [0.1, 0.15) is 0 Å². The van der Waals surface area contributed by atoms with Crippen LogP contribution in [0.5, 0.6) is 0 Å². The van der Waals surface area contributed by atoms with Crippen LogP contribution < -0.4 is 0 Å². The highest BCUT2D eigenvalue weighted by atomic mass is 16.6. The minimum absolute atomic E-state index is 0.153. The van der Waals surface area contributed by atoms with Crippen molar-refractivity contribution >= 4 is 24.2 Å². The third-order valence-corrected chi connectivity index (χ3v) is 3.86. The Balaban J connectivity index is 1.86. The highest BCUT2D eigenvalue weighted by Crippen LogP contribution is 2.23. The number of benzene rings is 1. The van der Waals surface area contributed by atoms with Crippen LogP contribution >= 0.6 is 0 Å². The molecule has 0 spiro atoms. The lowest BCUT2D eigenvalue weighted by Gasteiger charge is -2.19. The van der Waals surface area contributed by atoms with Crippen LogP contribution in [0.4, 0.5) is 0 Å². The van der Waals surface area contributed by atoms with Crippen molar-refractivity contribution in [1.82, 2.24) is 4.98 Å². The number of hydrogen-bond donors (Lipinski definition) is 1. The number of aromatic nitrogens is 1. The topological polar surface area (TPSA) is 66.8 Å². The monoisotopic (exact) mass is 321 g/mol. The zero-order valence-corrected chi connectivity index (χ0v) is 13.9. The van der Waals surface area contributed by atoms with Gasteiger partial charge in [0.25, 0.3) is 0 Å². The van der Waals surface area contributed by atoms with E-state index in [0.29, 0.717) is 5.90 Å². The smallest absolute Gasteiger partial charge is 0.363 e. The van der Waals surface area contributed by atoms with E-state index < -0.39 is 5.97 Å². The molecule has 0 fully saturated rings. The second-order valence-electron chi connectivity index (χ2n) is 6.15. The summed E-state index contributed by atoms with van der Waals surface area (Å²) in [6, 6.07) is 11.5. The molecular formula is C19H19N3O2. The largest absolute Gasteiger partial charge is 0.402 e. The SMILES string of the molecule is CN=CC(C)(C)c1ccc(C2=N/C(=C\c3ccc[nH]3)C(=O)O2)cc1. The molecule has 1 N–H and O–H groups in total. The van der Waals surface area contributed by atoms with Crippen LogP contribution in [0.1, 0.15) is 30.7 Å². The van der Waals surface area contributed by atoms with Gasteiger partial charge >= 0.3 is 5.97 Å². The lowest BCUT2D eigenvalue weighted by atomic mass is 9.85. The molecule has 3 rings (SSSR count). The lowest BCUT2D eigenvalue weighted by molar-refractivity contribution is -0.129. The maximum Gasteiger partial charge on any atom is 0.363 e. The van der Waals surface area contributed by atoms with Gasteiger partial charge in [-0.25, -0.2) is 9.79 Å². The highest BCUT2D eigenvalue weighted by molar-refractivity contribution is 6.12. The Morgan fingerprint density at radius 1 is 1.21 bits per heavy atom. The van der Waals surface area contributed by atoms with Crippen molar-refractivity contribution in [3.8, 4) is 0 Å². The predicted octanol–water partition coefficient (Wildman–Crippen LogP) is 3.34. The summed E-state index contributed by atoms with van der Waals surface area (Å²) in [5, 5.41) is 0. The van der Waals surface area contributed by atoms with Crippen molar-refractivity contribution in [2.24, 2.45) is 9.98 Å². The third-order valence-electron chi connectivity index (χ3n) is 3.86. The molecule has 1 aromatic carbocycles. The number of aliphatic imine (C=N–C) groups is 2. The number of carbonyl (C=O) groups excluding carboxylic acids is 1. The van der Waals surface area contributed by atoms with Gasteiger partial charge < -0.3 is 9.72 Å². The van der Waals surface area contributed by atoms with E-state index in [0.717, 1.165) is 16.8 Å². The highest BCUT2D eigenvalue weighted by Gasteiger charge is 2.25. The number of aromatic amines is 1. The molecule has 5 heteroatoms. The van der Waals surface area contributed by atoms with E-state index in [-0.39, 0.29) is 11.1 Å². The minimum atomic E-state index is -0.442. The fourth-order valence-electron chi connectivity index (χ4n) is 2.55. The quantitative estimate of drug-likeness (QED) is 0.533. The van der Waals surface area contributed by atoms with Crippen LogP contribution in [-0.4, -0.2) is 30.1 Å². The number of carbonyl (C=O) groups is 1. The summed E-state index contributed by atoms with van der Waals surface area (Å²) in [7, 11) is 1.76. The van der Waals surface area contributed by atoms with E-state index in [9.17, 15) is 4.79 Å². The molecule has 0 saturated carbocycles. The van der Waals surface area contributed by atoms with Crippen LogP contribution in [-0.2, 0) is 14.9 Å². The Bertz CT molecular complexity index is 826. The molecule has 122 valence electrons. The molecule has 0 bridgehead atoms. The van der Waals surface area contributed by atoms with Crippen LogP contribution in [0.2, 0.25) is 0 Å². The number of esters is 1. The maximum absolute atomic E-state index is 12.0. The van der Waals surface area contributed by atoms with Gasteiger partial charge in [-0.2, -0.15) is 0 Å². The fraction of sp³-hybridized carbons (Fsp3) is 0.211. The van der Waals surface area contributed by atoms with E-state index in [1.807, 2.05) is 42.6 Å². The average molecular weight is 321 g/mol. The van der Waals surface area contributed by atoms with Crippen molar-refractivity contribution in [3.05, 3.63) is 65.1 Å². The first kappa shape index (κ1) is 15.9. The summed E-state index contributed by atoms with van der Waals surface area (Å²) in [5.41, 5.74) is 2.84. The molecule has 0 saturated heterocycles. The summed E-state index contributed by atoms with van der Waals surface area (Å²) in [5.74, 6) is -0.117. The van der Waals surface area contributed by atoms with E-state index in [1.54, 1.807) is 19.3 Å². The van der Waals surface area contributed by atoms with Crippen LogP contribution in [0, 0.1) is 0 Å². The van der Waals surface area contributed by atoms with E-state index in [1.165, 1.54) is 0 Å². The molecule has 2 aromatic rings. The third kappa shape index (κ3) is 3.20. The van der Waals surface area contributed by atoms with Crippen LogP contribution in [0.3, 0.4) is 0 Å². The molecule has 0 radical (unpaired) electrons. The zero-order chi connectivity index (χ0) is 17.2. The van der Waals surface area contributed by atoms with Gasteiger partial charge in [0.15, 0.2) is 5.70 Å². The summed E-state index contributed by atoms with van der Waals surface area (Å²) in [6.07, 6.45) is 5.37. The van der Waals surface area contributed by atoms with Gasteiger partial charge in [0, 0.05) is 36.1 Å². The average Bonchev–Trinajstić information content (AvgIpc) is 3.18. The summed E-state index contributed by atoms with van der Waals surface area (Å²) in [4.78, 5) is 23.4. The number of hydrogen-bond acceptors (Lipinski definition) is 4. The molecule has 0 unspecified atom stereocenters. The molecule has 5 nitrogen and oxygen atoms in total. The van der Waals surface area contributed by atoms with Gasteiger partial charge in [-0.05, 0) is 35.9 Å². The van der Waals surface area contributed by atoms with Crippen molar-refractivity contribution in [2.75, 3.05) is 7.05 Å². The fourth-order valence-corrected chi connectivity index (χ4v) is 2.55. The molecule has 2 heterocycles. The van der Waals surface area contributed by atoms with Gasteiger partial charge in [0.2, 0.25) is 5.90 Å². The second kappa shape index (κ2) is 6.28. The number of nitrogens with zero attached hydrogens (tertiary/aromatic N) is 2. The van der Waals surface area contributed by atoms with E-state index in [2.05, 4.69) is 28.8 Å². The number of cyclic esters (lactones) is 1. The molecule has 0 aliphatic carbocycles. The molecule has 0 atom stereocenters. The number of nitrogens with one attached hydrogen (secondary N) is 1. The molecular weight excluding hydrogens is 302 g/mol.